The van der Waals surface area contributed by atoms with Crippen molar-refractivity contribution in [3.05, 3.63) is 78.0 Å². The van der Waals surface area contributed by atoms with Gasteiger partial charge in [0.1, 0.15) is 5.82 Å². The third-order valence-corrected chi connectivity index (χ3v) is 5.93. The van der Waals surface area contributed by atoms with Gasteiger partial charge in [0.15, 0.2) is 0 Å². The number of hydrogen-bond acceptors (Lipinski definition) is 3. The van der Waals surface area contributed by atoms with Crippen molar-refractivity contribution in [1.82, 2.24) is 19.4 Å². The number of carbonyl (C=O) groups is 1. The van der Waals surface area contributed by atoms with Gasteiger partial charge in [0.2, 0.25) is 5.95 Å². The van der Waals surface area contributed by atoms with Gasteiger partial charge < -0.3 is 4.90 Å². The highest BCUT2D eigenvalue weighted by atomic mass is 19.1. The van der Waals surface area contributed by atoms with Gasteiger partial charge in [-0.2, -0.15) is 0 Å². The van der Waals surface area contributed by atoms with E-state index in [9.17, 15) is 9.18 Å². The van der Waals surface area contributed by atoms with Crippen LogP contribution >= 0.6 is 0 Å². The topological polar surface area (TPSA) is 51.0 Å². The molecule has 1 fully saturated rings. The van der Waals surface area contributed by atoms with E-state index in [0.29, 0.717) is 22.6 Å². The average molecular weight is 414 g/mol. The van der Waals surface area contributed by atoms with Crippen LogP contribution in [-0.2, 0) is 0 Å². The number of nitrogens with zero attached hydrogens (tertiary/aromatic N) is 4. The first-order valence-corrected chi connectivity index (χ1v) is 10.6. The lowest BCUT2D eigenvalue weighted by molar-refractivity contribution is 0.0724. The lowest BCUT2D eigenvalue weighted by atomic mass is 10.1. The molecule has 0 bridgehead atoms. The van der Waals surface area contributed by atoms with Gasteiger partial charge in [-0.15, -0.1) is 0 Å². The lowest BCUT2D eigenvalue weighted by Crippen LogP contribution is -2.35. The van der Waals surface area contributed by atoms with Crippen molar-refractivity contribution >= 4 is 16.8 Å². The number of halogens is 1. The van der Waals surface area contributed by atoms with E-state index in [4.69, 9.17) is 0 Å². The number of aryl methyl sites for hydroxylation is 1. The second kappa shape index (κ2) is 7.95. The minimum Gasteiger partial charge on any atom is -0.339 e. The van der Waals surface area contributed by atoms with E-state index in [0.717, 1.165) is 42.4 Å². The summed E-state index contributed by atoms with van der Waals surface area (Å²) in [7, 11) is 0. The van der Waals surface area contributed by atoms with Crippen molar-refractivity contribution < 1.29 is 9.18 Å². The molecule has 0 N–H and O–H groups in total. The molecule has 156 valence electrons. The quantitative estimate of drug-likeness (QED) is 0.465. The van der Waals surface area contributed by atoms with Crippen molar-refractivity contribution in [1.29, 1.82) is 0 Å². The Kier molecular flexibility index (Phi) is 4.98. The standard InChI is InChI=1S/C25H23FN4O/c1-17-16-30(25-27-14-19(15-28-25)21-7-3-4-8-22(21)26)23-13-18(9-10-20(17)23)24(31)29-11-5-2-6-12-29/h3-4,7-10,13-16H,2,5-6,11-12H2,1H3. The van der Waals surface area contributed by atoms with E-state index < -0.39 is 0 Å². The smallest absolute Gasteiger partial charge is 0.253 e. The minimum atomic E-state index is -0.304. The van der Waals surface area contributed by atoms with E-state index >= 15 is 0 Å². The number of hydrogen-bond donors (Lipinski definition) is 0. The van der Waals surface area contributed by atoms with Crippen molar-refractivity contribution in [3.63, 3.8) is 0 Å². The number of carbonyl (C=O) groups excluding carboxylic acids is 1. The predicted molar refractivity (Wildman–Crippen MR) is 119 cm³/mol. The van der Waals surface area contributed by atoms with E-state index in [1.807, 2.05) is 40.8 Å². The van der Waals surface area contributed by atoms with Crippen LogP contribution in [0.1, 0.15) is 35.2 Å². The van der Waals surface area contributed by atoms with Gasteiger partial charge >= 0.3 is 0 Å². The van der Waals surface area contributed by atoms with Crippen molar-refractivity contribution in [2.75, 3.05) is 13.1 Å². The SMILES string of the molecule is Cc1cn(-c2ncc(-c3ccccc3F)cn2)c2cc(C(=O)N3CCCCC3)ccc12. The molecule has 2 aromatic heterocycles. The summed E-state index contributed by atoms with van der Waals surface area (Å²) in [5.74, 6) is 0.255. The summed E-state index contributed by atoms with van der Waals surface area (Å²) in [5, 5.41) is 1.05. The number of piperidine rings is 1. The zero-order chi connectivity index (χ0) is 21.4. The molecule has 0 radical (unpaired) electrons. The Balaban J connectivity index is 1.52. The normalized spacial score (nSPS) is 14.2. The van der Waals surface area contributed by atoms with Crippen LogP contribution in [0.15, 0.2) is 61.1 Å². The number of benzene rings is 2. The summed E-state index contributed by atoms with van der Waals surface area (Å²) < 4.78 is 16.0. The van der Waals surface area contributed by atoms with Crippen LogP contribution < -0.4 is 0 Å². The Morgan fingerprint density at radius 2 is 1.74 bits per heavy atom. The third-order valence-electron chi connectivity index (χ3n) is 5.93. The Morgan fingerprint density at radius 3 is 2.48 bits per heavy atom. The highest BCUT2D eigenvalue weighted by Crippen LogP contribution is 2.27. The van der Waals surface area contributed by atoms with Crippen molar-refractivity contribution in [2.24, 2.45) is 0 Å². The average Bonchev–Trinajstić information content (AvgIpc) is 3.15. The van der Waals surface area contributed by atoms with E-state index in [-0.39, 0.29) is 11.7 Å². The number of aromatic nitrogens is 3. The van der Waals surface area contributed by atoms with Gasteiger partial charge in [-0.3, -0.25) is 9.36 Å². The molecule has 31 heavy (non-hydrogen) atoms. The zero-order valence-electron chi connectivity index (χ0n) is 17.4. The van der Waals surface area contributed by atoms with Crippen LogP contribution in [0.4, 0.5) is 4.39 Å². The molecule has 1 amide bonds. The molecule has 6 heteroatoms. The Morgan fingerprint density at radius 1 is 1.00 bits per heavy atom. The summed E-state index contributed by atoms with van der Waals surface area (Å²) >= 11 is 0. The molecule has 0 saturated carbocycles. The van der Waals surface area contributed by atoms with Crippen LogP contribution in [0, 0.1) is 12.7 Å². The Hall–Kier alpha value is -3.54. The lowest BCUT2D eigenvalue weighted by Gasteiger charge is -2.26. The molecule has 5 nitrogen and oxygen atoms in total. The molecule has 5 rings (SSSR count). The maximum atomic E-state index is 14.1. The molecule has 3 heterocycles. The maximum absolute atomic E-state index is 14.1. The maximum Gasteiger partial charge on any atom is 0.253 e. The summed E-state index contributed by atoms with van der Waals surface area (Å²) in [6.45, 7) is 3.66. The Bertz CT molecular complexity index is 1260. The molecule has 1 saturated heterocycles. The van der Waals surface area contributed by atoms with Crippen molar-refractivity contribution in [2.45, 2.75) is 26.2 Å². The molecule has 1 aliphatic heterocycles. The summed E-state index contributed by atoms with van der Waals surface area (Å²) in [6, 6.07) is 12.4. The van der Waals surface area contributed by atoms with E-state index in [1.54, 1.807) is 30.6 Å². The summed E-state index contributed by atoms with van der Waals surface area (Å²) in [5.41, 5.74) is 3.73. The third kappa shape index (κ3) is 3.58. The van der Waals surface area contributed by atoms with Crippen LogP contribution in [-0.4, -0.2) is 38.4 Å². The van der Waals surface area contributed by atoms with Gasteiger partial charge in [-0.1, -0.05) is 24.3 Å². The highest BCUT2D eigenvalue weighted by Gasteiger charge is 2.20. The fourth-order valence-corrected chi connectivity index (χ4v) is 4.26. The number of likely N-dealkylation sites (tertiary alicyclic amines) is 1. The predicted octanol–water partition coefficient (Wildman–Crippen LogP) is 5.16. The first kappa shape index (κ1) is 19.4. The molecule has 2 aromatic carbocycles. The number of fused-ring (bicyclic) bond motifs is 1. The molecular weight excluding hydrogens is 391 g/mol. The van der Waals surface area contributed by atoms with Crippen molar-refractivity contribution in [3.8, 4) is 17.1 Å². The first-order valence-electron chi connectivity index (χ1n) is 10.6. The van der Waals surface area contributed by atoms with Crippen LogP contribution in [0.5, 0.6) is 0 Å². The summed E-state index contributed by atoms with van der Waals surface area (Å²) in [6.07, 6.45) is 8.54. The van der Waals surface area contributed by atoms with Gasteiger partial charge in [-0.25, -0.2) is 14.4 Å². The molecule has 4 aromatic rings. The van der Waals surface area contributed by atoms with Crippen LogP contribution in [0.3, 0.4) is 0 Å². The Labute approximate surface area is 180 Å². The molecule has 0 atom stereocenters. The zero-order valence-corrected chi connectivity index (χ0v) is 17.4. The van der Waals surface area contributed by atoms with E-state index in [2.05, 4.69) is 9.97 Å². The monoisotopic (exact) mass is 414 g/mol. The molecule has 0 spiro atoms. The fourth-order valence-electron chi connectivity index (χ4n) is 4.26. The van der Waals surface area contributed by atoms with Gasteiger partial charge in [-0.05, 0) is 49.9 Å². The molecule has 1 aliphatic rings. The van der Waals surface area contributed by atoms with Gasteiger partial charge in [0.25, 0.3) is 5.91 Å². The molecule has 0 unspecified atom stereocenters. The van der Waals surface area contributed by atoms with Crippen LogP contribution in [0.2, 0.25) is 0 Å². The minimum absolute atomic E-state index is 0.0721. The summed E-state index contributed by atoms with van der Waals surface area (Å²) in [4.78, 5) is 23.9. The first-order chi connectivity index (χ1) is 15.1. The number of rotatable bonds is 3. The number of amides is 1. The molecule has 0 aliphatic carbocycles. The molecular formula is C25H23FN4O. The largest absolute Gasteiger partial charge is 0.339 e. The second-order valence-electron chi connectivity index (χ2n) is 8.02. The van der Waals surface area contributed by atoms with Gasteiger partial charge in [0, 0.05) is 53.8 Å². The van der Waals surface area contributed by atoms with Crippen LogP contribution in [0.25, 0.3) is 28.0 Å². The highest BCUT2D eigenvalue weighted by molar-refractivity contribution is 5.99. The van der Waals surface area contributed by atoms with E-state index in [1.165, 1.54) is 12.5 Å². The fraction of sp³-hybridized carbons (Fsp3) is 0.240. The second-order valence-corrected chi connectivity index (χ2v) is 8.02. The van der Waals surface area contributed by atoms with Gasteiger partial charge in [0.05, 0.1) is 5.52 Å².